The maximum Gasteiger partial charge on any atom is 0.238 e. The molecular weight excluding hydrogens is 476 g/mol. The molecule has 6 nitrogen and oxygen atoms in total. The molecule has 6 rings (SSSR count). The van der Waals surface area contributed by atoms with Crippen LogP contribution >= 0.6 is 0 Å². The number of fused-ring (bicyclic) bond motifs is 6. The van der Waals surface area contributed by atoms with E-state index >= 15 is 0 Å². The number of amides is 1. The Morgan fingerprint density at radius 3 is 2.47 bits per heavy atom. The fourth-order valence-corrected chi connectivity index (χ4v) is 6.57. The molecule has 0 saturated carbocycles. The Labute approximate surface area is 222 Å². The van der Waals surface area contributed by atoms with Crippen molar-refractivity contribution in [3.05, 3.63) is 101 Å². The van der Waals surface area contributed by atoms with Crippen LogP contribution in [0.3, 0.4) is 0 Å². The topological polar surface area (TPSA) is 75.7 Å². The fourth-order valence-electron chi connectivity index (χ4n) is 6.57. The molecule has 3 aromatic rings. The quantitative estimate of drug-likeness (QED) is 0.479. The zero-order valence-electron chi connectivity index (χ0n) is 21.9. The number of anilines is 1. The van der Waals surface area contributed by atoms with E-state index in [0.717, 1.165) is 16.7 Å². The monoisotopic (exact) mass is 506 g/mol. The number of hydrogen-bond acceptors (Lipinski definition) is 5. The van der Waals surface area contributed by atoms with E-state index in [4.69, 9.17) is 4.74 Å². The summed E-state index contributed by atoms with van der Waals surface area (Å²) in [6, 6.07) is 21.0. The van der Waals surface area contributed by atoms with Gasteiger partial charge in [0.05, 0.1) is 25.1 Å². The van der Waals surface area contributed by atoms with E-state index in [-0.39, 0.29) is 17.5 Å². The Morgan fingerprint density at radius 2 is 1.71 bits per heavy atom. The lowest BCUT2D eigenvalue weighted by Gasteiger charge is -2.38. The molecule has 4 unspecified atom stereocenters. The number of carbonyl (C=O) groups excluding carboxylic acids is 3. The predicted octanol–water partition coefficient (Wildman–Crippen LogP) is 5.41. The molecule has 6 heteroatoms. The predicted molar refractivity (Wildman–Crippen MR) is 146 cm³/mol. The van der Waals surface area contributed by atoms with Crippen molar-refractivity contribution in [1.82, 2.24) is 4.90 Å². The summed E-state index contributed by atoms with van der Waals surface area (Å²) >= 11 is 0. The Hall–Kier alpha value is -4.19. The van der Waals surface area contributed by atoms with Crippen LogP contribution in [0.25, 0.3) is 6.08 Å². The molecule has 0 radical (unpaired) electrons. The fraction of sp³-hybridized carbons (Fsp3) is 0.281. The Balaban J connectivity index is 1.69. The molecule has 3 aliphatic rings. The maximum atomic E-state index is 14.7. The molecule has 4 atom stereocenters. The van der Waals surface area contributed by atoms with Gasteiger partial charge in [-0.15, -0.1) is 0 Å². The molecule has 192 valence electrons. The highest BCUT2D eigenvalue weighted by Gasteiger charge is 2.71. The van der Waals surface area contributed by atoms with Gasteiger partial charge in [-0.3, -0.25) is 14.4 Å². The number of rotatable bonds is 4. The van der Waals surface area contributed by atoms with Crippen molar-refractivity contribution in [3.8, 4) is 5.75 Å². The third kappa shape index (κ3) is 3.22. The van der Waals surface area contributed by atoms with E-state index in [2.05, 4.69) is 5.32 Å². The van der Waals surface area contributed by atoms with Crippen LogP contribution in [0.15, 0.2) is 79.0 Å². The summed E-state index contributed by atoms with van der Waals surface area (Å²) in [4.78, 5) is 45.3. The van der Waals surface area contributed by atoms with E-state index in [1.165, 1.54) is 0 Å². The first-order chi connectivity index (χ1) is 18.2. The third-order valence-corrected chi connectivity index (χ3v) is 8.21. The van der Waals surface area contributed by atoms with Gasteiger partial charge in [0, 0.05) is 22.9 Å². The van der Waals surface area contributed by atoms with Gasteiger partial charge in [0.2, 0.25) is 5.91 Å². The van der Waals surface area contributed by atoms with Crippen molar-refractivity contribution < 1.29 is 19.1 Å². The Kier molecular flexibility index (Phi) is 5.35. The summed E-state index contributed by atoms with van der Waals surface area (Å²) in [5.74, 6) is -1.02. The average Bonchev–Trinajstić information content (AvgIpc) is 3.39. The summed E-state index contributed by atoms with van der Waals surface area (Å²) in [6.45, 7) is 5.60. The number of benzene rings is 3. The molecule has 1 fully saturated rings. The number of nitrogens with zero attached hydrogens (tertiary/aromatic N) is 1. The maximum absolute atomic E-state index is 14.7. The van der Waals surface area contributed by atoms with Crippen LogP contribution in [0.2, 0.25) is 0 Å². The van der Waals surface area contributed by atoms with Crippen LogP contribution in [-0.4, -0.2) is 35.5 Å². The minimum absolute atomic E-state index is 0.0816. The SMILES string of the molecule is COc1cccc(C(=O)C2C(C(=O)C(C)(C)C)N3C=Cc4ccccc4C3C23C(=O)Nc2ccccc23)c1. The highest BCUT2D eigenvalue weighted by atomic mass is 16.5. The second kappa shape index (κ2) is 8.42. The first-order valence-corrected chi connectivity index (χ1v) is 12.9. The number of para-hydroxylation sites is 1. The van der Waals surface area contributed by atoms with Crippen LogP contribution in [0, 0.1) is 11.3 Å². The van der Waals surface area contributed by atoms with E-state index < -0.39 is 28.8 Å². The summed E-state index contributed by atoms with van der Waals surface area (Å²) in [6.07, 6.45) is 3.87. The zero-order chi connectivity index (χ0) is 26.8. The number of hydrogen-bond donors (Lipinski definition) is 1. The summed E-state index contributed by atoms with van der Waals surface area (Å²) in [5.41, 5.74) is 1.68. The summed E-state index contributed by atoms with van der Waals surface area (Å²) < 4.78 is 5.41. The molecule has 3 aliphatic heterocycles. The first kappa shape index (κ1) is 24.2. The van der Waals surface area contributed by atoms with Crippen LogP contribution in [-0.2, 0) is 15.0 Å². The van der Waals surface area contributed by atoms with Gasteiger partial charge in [0.15, 0.2) is 11.6 Å². The molecule has 38 heavy (non-hydrogen) atoms. The molecule has 0 bridgehead atoms. The molecule has 3 heterocycles. The van der Waals surface area contributed by atoms with Gasteiger partial charge in [-0.2, -0.15) is 0 Å². The summed E-state index contributed by atoms with van der Waals surface area (Å²) in [5, 5.41) is 3.07. The van der Waals surface area contributed by atoms with Crippen molar-refractivity contribution in [3.63, 3.8) is 0 Å². The molecule has 0 aromatic heterocycles. The zero-order valence-corrected chi connectivity index (χ0v) is 21.9. The van der Waals surface area contributed by atoms with Gasteiger partial charge in [0.1, 0.15) is 11.2 Å². The van der Waals surface area contributed by atoms with E-state index in [9.17, 15) is 14.4 Å². The van der Waals surface area contributed by atoms with Crippen LogP contribution < -0.4 is 10.1 Å². The molecule has 1 N–H and O–H groups in total. The number of carbonyl (C=O) groups is 3. The molecule has 0 aliphatic carbocycles. The normalized spacial score (nSPS) is 25.0. The second-order valence-electron chi connectivity index (χ2n) is 11.3. The van der Waals surface area contributed by atoms with E-state index in [1.807, 2.05) is 86.5 Å². The molecule has 1 spiro atoms. The van der Waals surface area contributed by atoms with Crippen molar-refractivity contribution in [2.45, 2.75) is 38.3 Å². The van der Waals surface area contributed by atoms with Gasteiger partial charge in [-0.1, -0.05) is 75.4 Å². The Bertz CT molecular complexity index is 1520. The lowest BCUT2D eigenvalue weighted by molar-refractivity contribution is -0.131. The average molecular weight is 507 g/mol. The van der Waals surface area contributed by atoms with Crippen LogP contribution in [0.4, 0.5) is 5.69 Å². The highest BCUT2D eigenvalue weighted by molar-refractivity contribution is 6.15. The number of ketones is 2. The Morgan fingerprint density at radius 1 is 0.974 bits per heavy atom. The molecule has 1 amide bonds. The lowest BCUT2D eigenvalue weighted by atomic mass is 9.62. The lowest BCUT2D eigenvalue weighted by Crippen LogP contribution is -2.50. The molecular formula is C32H30N2O4. The van der Waals surface area contributed by atoms with Crippen molar-refractivity contribution in [2.24, 2.45) is 11.3 Å². The van der Waals surface area contributed by atoms with Gasteiger partial charge in [0.25, 0.3) is 0 Å². The molecule has 3 aromatic carbocycles. The van der Waals surface area contributed by atoms with E-state index in [1.54, 1.807) is 31.4 Å². The first-order valence-electron chi connectivity index (χ1n) is 12.9. The number of ether oxygens (including phenoxy) is 1. The van der Waals surface area contributed by atoms with Crippen molar-refractivity contribution in [1.29, 1.82) is 0 Å². The third-order valence-electron chi connectivity index (χ3n) is 8.21. The standard InChI is InChI=1S/C32H30N2O4/c1-31(2,3)29(36)26-25(27(35)20-11-9-12-21(18-20)38-4)32(23-14-7-8-15-24(23)33-30(32)37)28-22-13-6-5-10-19(22)16-17-34(26)28/h5-18,25-26,28H,1-4H3,(H,33,37). The van der Waals surface area contributed by atoms with Gasteiger partial charge < -0.3 is 15.0 Å². The van der Waals surface area contributed by atoms with Gasteiger partial charge in [-0.05, 0) is 41.0 Å². The van der Waals surface area contributed by atoms with Gasteiger partial charge >= 0.3 is 0 Å². The van der Waals surface area contributed by atoms with Crippen LogP contribution in [0.5, 0.6) is 5.75 Å². The van der Waals surface area contributed by atoms with Crippen molar-refractivity contribution >= 4 is 29.2 Å². The number of nitrogens with one attached hydrogen (secondary N) is 1. The van der Waals surface area contributed by atoms with Crippen LogP contribution in [0.1, 0.15) is 53.9 Å². The van der Waals surface area contributed by atoms with Crippen molar-refractivity contribution in [2.75, 3.05) is 12.4 Å². The minimum Gasteiger partial charge on any atom is -0.497 e. The largest absolute Gasteiger partial charge is 0.497 e. The molecule has 1 saturated heterocycles. The number of Topliss-reactive ketones (excluding diaryl/α,β-unsaturated/α-hetero) is 2. The summed E-state index contributed by atoms with van der Waals surface area (Å²) in [7, 11) is 1.55. The smallest absolute Gasteiger partial charge is 0.238 e. The second-order valence-corrected chi connectivity index (χ2v) is 11.3. The van der Waals surface area contributed by atoms with E-state index in [0.29, 0.717) is 17.0 Å². The minimum atomic E-state index is -1.32. The highest BCUT2D eigenvalue weighted by Crippen LogP contribution is 2.62. The number of methoxy groups -OCH3 is 1. The van der Waals surface area contributed by atoms with Gasteiger partial charge in [-0.25, -0.2) is 0 Å².